The molecule has 0 unspecified atom stereocenters. The van der Waals surface area contributed by atoms with Gasteiger partial charge in [0.2, 0.25) is 0 Å². The van der Waals surface area contributed by atoms with Crippen molar-refractivity contribution in [3.05, 3.63) is 0 Å². The predicted molar refractivity (Wildman–Crippen MR) is 68.4 cm³/mol. The molecule has 0 heterocycles. The molecule has 0 atom stereocenters. The van der Waals surface area contributed by atoms with E-state index in [1.165, 1.54) is 39.0 Å². The van der Waals surface area contributed by atoms with E-state index < -0.39 is 0 Å². The van der Waals surface area contributed by atoms with Crippen LogP contribution in [-0.2, 0) is 0 Å². The molecule has 0 aromatic heterocycles. The van der Waals surface area contributed by atoms with Gasteiger partial charge in [-0.15, -0.1) is 0 Å². The quantitative estimate of drug-likeness (QED) is 0.554. The number of hydrogen-bond donors (Lipinski definition) is 1. The van der Waals surface area contributed by atoms with E-state index in [-0.39, 0.29) is 0 Å². The van der Waals surface area contributed by atoms with Crippen molar-refractivity contribution < 1.29 is 0 Å². The SMILES string of the molecule is CCN(CC)CCCNCCCN(C)C. The molecule has 0 aliphatic carbocycles. The van der Waals surface area contributed by atoms with E-state index in [0.29, 0.717) is 0 Å². The number of rotatable bonds is 10. The highest BCUT2D eigenvalue weighted by atomic mass is 15.1. The smallest absolute Gasteiger partial charge is 0.000687 e. The molecular formula is C12H29N3. The first-order valence-corrected chi connectivity index (χ1v) is 6.28. The van der Waals surface area contributed by atoms with Crippen LogP contribution >= 0.6 is 0 Å². The Labute approximate surface area is 95.8 Å². The Kier molecular flexibility index (Phi) is 10.3. The van der Waals surface area contributed by atoms with Crippen LogP contribution in [-0.4, -0.2) is 63.2 Å². The summed E-state index contributed by atoms with van der Waals surface area (Å²) in [6.45, 7) is 11.5. The summed E-state index contributed by atoms with van der Waals surface area (Å²) in [4.78, 5) is 4.71. The summed E-state index contributed by atoms with van der Waals surface area (Å²) < 4.78 is 0. The van der Waals surface area contributed by atoms with Crippen molar-refractivity contribution in [2.45, 2.75) is 26.7 Å². The number of hydrogen-bond acceptors (Lipinski definition) is 3. The molecule has 0 radical (unpaired) electrons. The zero-order valence-corrected chi connectivity index (χ0v) is 11.1. The van der Waals surface area contributed by atoms with Gasteiger partial charge in [0.05, 0.1) is 0 Å². The van der Waals surface area contributed by atoms with E-state index >= 15 is 0 Å². The van der Waals surface area contributed by atoms with Gasteiger partial charge >= 0.3 is 0 Å². The van der Waals surface area contributed by atoms with Crippen LogP contribution in [0.4, 0.5) is 0 Å². The van der Waals surface area contributed by atoms with Crippen molar-refractivity contribution in [1.82, 2.24) is 15.1 Å². The minimum Gasteiger partial charge on any atom is -0.317 e. The van der Waals surface area contributed by atoms with Crippen molar-refractivity contribution in [2.75, 3.05) is 53.4 Å². The monoisotopic (exact) mass is 215 g/mol. The van der Waals surface area contributed by atoms with Gasteiger partial charge in [0.25, 0.3) is 0 Å². The zero-order chi connectivity index (χ0) is 11.5. The van der Waals surface area contributed by atoms with Gasteiger partial charge in [-0.1, -0.05) is 13.8 Å². The average Bonchev–Trinajstić information content (AvgIpc) is 2.22. The summed E-state index contributed by atoms with van der Waals surface area (Å²) in [7, 11) is 4.25. The highest BCUT2D eigenvalue weighted by molar-refractivity contribution is 4.55. The summed E-state index contributed by atoms with van der Waals surface area (Å²) >= 11 is 0. The lowest BCUT2D eigenvalue weighted by Crippen LogP contribution is -2.28. The molecule has 0 rings (SSSR count). The molecule has 0 bridgehead atoms. The third-order valence-electron chi connectivity index (χ3n) is 2.68. The van der Waals surface area contributed by atoms with Crippen LogP contribution in [0.2, 0.25) is 0 Å². The maximum Gasteiger partial charge on any atom is -0.000687 e. The Morgan fingerprint density at radius 3 is 1.87 bits per heavy atom. The van der Waals surface area contributed by atoms with Crippen LogP contribution < -0.4 is 5.32 Å². The average molecular weight is 215 g/mol. The Morgan fingerprint density at radius 1 is 0.867 bits per heavy atom. The summed E-state index contributed by atoms with van der Waals surface area (Å²) in [6, 6.07) is 0. The molecule has 0 aromatic rings. The van der Waals surface area contributed by atoms with Crippen LogP contribution in [0.3, 0.4) is 0 Å². The van der Waals surface area contributed by atoms with E-state index in [1.54, 1.807) is 0 Å². The van der Waals surface area contributed by atoms with E-state index in [9.17, 15) is 0 Å². The maximum absolute atomic E-state index is 3.49. The molecule has 0 aliphatic rings. The Hall–Kier alpha value is -0.120. The first-order chi connectivity index (χ1) is 7.20. The number of nitrogens with zero attached hydrogens (tertiary/aromatic N) is 2. The van der Waals surface area contributed by atoms with E-state index in [2.05, 4.69) is 43.1 Å². The largest absolute Gasteiger partial charge is 0.317 e. The van der Waals surface area contributed by atoms with Gasteiger partial charge in [-0.3, -0.25) is 0 Å². The van der Waals surface area contributed by atoms with Crippen LogP contribution in [0.1, 0.15) is 26.7 Å². The van der Waals surface area contributed by atoms with Gasteiger partial charge in [-0.25, -0.2) is 0 Å². The van der Waals surface area contributed by atoms with Gasteiger partial charge < -0.3 is 15.1 Å². The Bertz CT molecular complexity index is 122. The highest BCUT2D eigenvalue weighted by Gasteiger charge is 1.97. The van der Waals surface area contributed by atoms with Crippen LogP contribution in [0.5, 0.6) is 0 Å². The molecule has 0 amide bonds. The van der Waals surface area contributed by atoms with Crippen LogP contribution in [0.15, 0.2) is 0 Å². The Balaban J connectivity index is 3.10. The van der Waals surface area contributed by atoms with Crippen LogP contribution in [0, 0.1) is 0 Å². The lowest BCUT2D eigenvalue weighted by molar-refractivity contribution is 0.297. The molecule has 3 nitrogen and oxygen atoms in total. The molecule has 1 N–H and O–H groups in total. The van der Waals surface area contributed by atoms with Gasteiger partial charge in [-0.2, -0.15) is 0 Å². The van der Waals surface area contributed by atoms with Crippen molar-refractivity contribution in [2.24, 2.45) is 0 Å². The molecule has 15 heavy (non-hydrogen) atoms. The molecule has 0 aliphatic heterocycles. The van der Waals surface area contributed by atoms with Crippen LogP contribution in [0.25, 0.3) is 0 Å². The lowest BCUT2D eigenvalue weighted by Gasteiger charge is -2.17. The second-order valence-corrected chi connectivity index (χ2v) is 4.29. The minimum absolute atomic E-state index is 1.15. The topological polar surface area (TPSA) is 18.5 Å². The third kappa shape index (κ3) is 10.2. The zero-order valence-electron chi connectivity index (χ0n) is 11.1. The first kappa shape index (κ1) is 14.9. The number of nitrogens with one attached hydrogen (secondary N) is 1. The highest BCUT2D eigenvalue weighted by Crippen LogP contribution is 1.89. The second-order valence-electron chi connectivity index (χ2n) is 4.29. The normalized spacial score (nSPS) is 11.6. The van der Waals surface area contributed by atoms with Crippen molar-refractivity contribution in [1.29, 1.82) is 0 Å². The molecular weight excluding hydrogens is 186 g/mol. The molecule has 0 saturated carbocycles. The minimum atomic E-state index is 1.15. The van der Waals surface area contributed by atoms with E-state index in [0.717, 1.165) is 13.1 Å². The van der Waals surface area contributed by atoms with Gasteiger partial charge in [0, 0.05) is 0 Å². The van der Waals surface area contributed by atoms with Gasteiger partial charge in [0.1, 0.15) is 0 Å². The van der Waals surface area contributed by atoms with Crippen molar-refractivity contribution in [3.63, 3.8) is 0 Å². The molecule has 0 fully saturated rings. The molecule has 0 saturated heterocycles. The van der Waals surface area contributed by atoms with E-state index in [4.69, 9.17) is 0 Å². The van der Waals surface area contributed by atoms with Gasteiger partial charge in [-0.05, 0) is 66.2 Å². The standard InChI is InChI=1S/C12H29N3/c1-5-15(6-2)12-8-10-13-9-7-11-14(3)4/h13H,5-12H2,1-4H3. The maximum atomic E-state index is 3.49. The molecule has 0 aromatic carbocycles. The van der Waals surface area contributed by atoms with Crippen molar-refractivity contribution in [3.8, 4) is 0 Å². The summed E-state index contributed by atoms with van der Waals surface area (Å²) in [5.41, 5.74) is 0. The van der Waals surface area contributed by atoms with Crippen molar-refractivity contribution >= 4 is 0 Å². The fourth-order valence-corrected chi connectivity index (χ4v) is 1.61. The second kappa shape index (κ2) is 10.4. The predicted octanol–water partition coefficient (Wildman–Crippen LogP) is 1.26. The molecule has 3 heteroatoms. The van der Waals surface area contributed by atoms with Gasteiger partial charge in [0.15, 0.2) is 0 Å². The van der Waals surface area contributed by atoms with E-state index in [1.807, 2.05) is 0 Å². The summed E-state index contributed by atoms with van der Waals surface area (Å²) in [6.07, 6.45) is 2.52. The Morgan fingerprint density at radius 2 is 1.40 bits per heavy atom. The fourth-order valence-electron chi connectivity index (χ4n) is 1.61. The lowest BCUT2D eigenvalue weighted by atomic mass is 10.3. The fraction of sp³-hybridized carbons (Fsp3) is 1.00. The molecule has 0 spiro atoms. The summed E-state index contributed by atoms with van der Waals surface area (Å²) in [5, 5.41) is 3.49. The first-order valence-electron chi connectivity index (χ1n) is 6.28. The summed E-state index contributed by atoms with van der Waals surface area (Å²) in [5.74, 6) is 0. The third-order valence-corrected chi connectivity index (χ3v) is 2.68. The molecule has 92 valence electrons.